The number of hydrogen-bond donors (Lipinski definition) is 0. The summed E-state index contributed by atoms with van der Waals surface area (Å²) in [6, 6.07) is -2.60. The molecule has 0 atom stereocenters. The summed E-state index contributed by atoms with van der Waals surface area (Å²) in [7, 11) is 0. The van der Waals surface area contributed by atoms with Crippen molar-refractivity contribution in [3.63, 3.8) is 0 Å². The lowest BCUT2D eigenvalue weighted by Crippen LogP contribution is -2.17. The van der Waals surface area contributed by atoms with Crippen LogP contribution in [0.25, 0.3) is 0 Å². The van der Waals surface area contributed by atoms with Crippen LogP contribution in [0.15, 0.2) is 0 Å². The molecule has 0 spiro atoms. The maximum Gasteiger partial charge on any atom is 0.373 e. The molecule has 0 heterocycles. The summed E-state index contributed by atoms with van der Waals surface area (Å²) in [5.74, 6) is -2.29. The van der Waals surface area contributed by atoms with Crippen LogP contribution in [0.5, 0.6) is 0 Å². The van der Waals surface area contributed by atoms with Gasteiger partial charge in [-0.25, -0.2) is 8.78 Å². The molecule has 0 rings (SSSR count). The molecule has 0 amide bonds. The summed E-state index contributed by atoms with van der Waals surface area (Å²) in [6.45, 7) is 0. The minimum Gasteiger partial charge on any atom is -0.281 e. The molecule has 0 saturated heterocycles. The van der Waals surface area contributed by atoms with Gasteiger partial charge in [-0.1, -0.05) is 0 Å². The maximum absolute atomic E-state index is 10.9. The summed E-state index contributed by atoms with van der Waals surface area (Å²) in [4.78, 5) is 18.5. The van der Waals surface area contributed by atoms with E-state index in [4.69, 9.17) is 4.79 Å². The normalized spacial score (nSPS) is 9.50. The molecule has 0 aliphatic heterocycles. The van der Waals surface area contributed by atoms with Gasteiger partial charge in [0.15, 0.2) is 0 Å². The number of carbonyl (C=O) groups excluding carboxylic acids is 2. The van der Waals surface area contributed by atoms with Crippen molar-refractivity contribution in [1.29, 1.82) is 0 Å². The summed E-state index contributed by atoms with van der Waals surface area (Å²) < 4.78 is 32.6. The predicted molar refractivity (Wildman–Crippen MR) is 17.1 cm³/mol. The van der Waals surface area contributed by atoms with E-state index < -0.39 is 18.2 Å². The van der Waals surface area contributed by atoms with Crippen molar-refractivity contribution in [2.75, 3.05) is 0 Å². The third-order valence-corrected chi connectivity index (χ3v) is 0.392. The van der Waals surface area contributed by atoms with Crippen LogP contribution in [0.4, 0.5) is 13.2 Å². The van der Waals surface area contributed by atoms with Gasteiger partial charge in [-0.2, -0.15) is 4.39 Å². The van der Waals surface area contributed by atoms with Crippen molar-refractivity contribution >= 4 is 11.8 Å². The topological polar surface area (TPSA) is 34.1 Å². The molecule has 0 aromatic rings. The van der Waals surface area contributed by atoms with Crippen LogP contribution < -0.4 is 0 Å². The summed E-state index contributed by atoms with van der Waals surface area (Å²) in [5.41, 5.74) is 0. The van der Waals surface area contributed by atoms with Gasteiger partial charge in [0, 0.05) is 0 Å². The summed E-state index contributed by atoms with van der Waals surface area (Å²) >= 11 is 0. The fraction of sp³-hybridized carbons (Fsp3) is 0.333. The number of carbonyl (C=O) groups is 2. The van der Waals surface area contributed by atoms with E-state index in [1.165, 1.54) is 0 Å². The number of ketones is 1. The number of rotatable bonds is 2. The van der Waals surface area contributed by atoms with E-state index in [9.17, 15) is 18.0 Å². The van der Waals surface area contributed by atoms with Crippen LogP contribution in [0.2, 0.25) is 0 Å². The maximum atomic E-state index is 10.9. The lowest BCUT2D eigenvalue weighted by Gasteiger charge is -1.85. The summed E-state index contributed by atoms with van der Waals surface area (Å²) in [5, 5.41) is 0. The van der Waals surface area contributed by atoms with Crippen LogP contribution in [-0.2, 0) is 9.59 Å². The van der Waals surface area contributed by atoms with Crippen molar-refractivity contribution in [3.05, 3.63) is 0 Å². The number of alkyl halides is 2. The Morgan fingerprint density at radius 3 is 1.62 bits per heavy atom. The molecule has 0 bridgehead atoms. The molecule has 0 aliphatic carbocycles. The molecule has 0 aromatic carbocycles. The van der Waals surface area contributed by atoms with Gasteiger partial charge in [-0.05, 0) is 0 Å². The fourth-order valence-corrected chi connectivity index (χ4v) is 0.0858. The molecule has 0 aromatic heterocycles. The van der Waals surface area contributed by atoms with Gasteiger partial charge in [-0.3, -0.25) is 9.59 Å². The molecule has 0 N–H and O–H groups in total. The second-order valence-electron chi connectivity index (χ2n) is 0.939. The number of Topliss-reactive ketones (excluding diaryl/α,β-unsaturated/α-hetero) is 1. The molecule has 46 valence electrons. The van der Waals surface area contributed by atoms with Crippen molar-refractivity contribution in [1.82, 2.24) is 0 Å². The Labute approximate surface area is 42.3 Å². The van der Waals surface area contributed by atoms with Crippen LogP contribution in [-0.4, -0.2) is 18.2 Å². The number of halogens is 3. The van der Waals surface area contributed by atoms with Crippen molar-refractivity contribution in [3.8, 4) is 0 Å². The molecular weight excluding hydrogens is 125 g/mol. The quantitative estimate of drug-likeness (QED) is 0.394. The number of hydrogen-bond acceptors (Lipinski definition) is 2. The first-order valence-electron chi connectivity index (χ1n) is 1.57. The second kappa shape index (κ2) is 2.44. The largest absolute Gasteiger partial charge is 0.373 e. The minimum atomic E-state index is -3.52. The van der Waals surface area contributed by atoms with Crippen molar-refractivity contribution < 1.29 is 22.8 Å². The second-order valence-corrected chi connectivity index (χ2v) is 0.939. The Morgan fingerprint density at radius 2 is 1.62 bits per heavy atom. The Morgan fingerprint density at radius 1 is 1.25 bits per heavy atom. The first-order chi connectivity index (χ1) is 3.55. The highest BCUT2D eigenvalue weighted by Gasteiger charge is 2.23. The highest BCUT2D eigenvalue weighted by molar-refractivity contribution is 6.34. The predicted octanol–water partition coefficient (Wildman–Crippen LogP) is 0.317. The summed E-state index contributed by atoms with van der Waals surface area (Å²) in [6.07, 6.45) is -3.52. The molecule has 2 nitrogen and oxygen atoms in total. The first kappa shape index (κ1) is 7.13. The van der Waals surface area contributed by atoms with E-state index >= 15 is 0 Å². The zero-order valence-electron chi connectivity index (χ0n) is 3.53. The Balaban J connectivity index is 3.84. The average Bonchev–Trinajstić information content (AvgIpc) is 1.64. The zero-order valence-corrected chi connectivity index (χ0v) is 3.53. The monoisotopic (exact) mass is 126 g/mol. The zero-order chi connectivity index (χ0) is 6.73. The fourth-order valence-electron chi connectivity index (χ4n) is 0.0858. The average molecular weight is 126 g/mol. The smallest absolute Gasteiger partial charge is 0.281 e. The highest BCUT2D eigenvalue weighted by atomic mass is 19.3. The third kappa shape index (κ3) is 1.72. The van der Waals surface area contributed by atoms with Gasteiger partial charge >= 0.3 is 12.5 Å². The molecule has 0 radical (unpaired) electrons. The van der Waals surface area contributed by atoms with Gasteiger partial charge < -0.3 is 0 Å². The molecular formula is C3HF3O2. The molecule has 0 fully saturated rings. The lowest BCUT2D eigenvalue weighted by molar-refractivity contribution is -0.149. The molecule has 0 unspecified atom stereocenters. The third-order valence-electron chi connectivity index (χ3n) is 0.392. The molecule has 0 aliphatic rings. The minimum absolute atomic E-state index is 2.29. The van der Waals surface area contributed by atoms with Gasteiger partial charge in [-0.15, -0.1) is 0 Å². The van der Waals surface area contributed by atoms with E-state index in [0.717, 1.165) is 0 Å². The molecule has 0 saturated carbocycles. The van der Waals surface area contributed by atoms with E-state index in [2.05, 4.69) is 0 Å². The van der Waals surface area contributed by atoms with E-state index in [1.54, 1.807) is 0 Å². The van der Waals surface area contributed by atoms with Crippen LogP contribution >= 0.6 is 0 Å². The molecule has 5 heteroatoms. The Hall–Kier alpha value is -0.870. The highest BCUT2D eigenvalue weighted by Crippen LogP contribution is 1.94. The Kier molecular flexibility index (Phi) is 2.18. The first-order valence-corrected chi connectivity index (χ1v) is 1.57. The SMILES string of the molecule is O=C(F)C(=O)C(F)F. The van der Waals surface area contributed by atoms with E-state index in [-0.39, 0.29) is 0 Å². The van der Waals surface area contributed by atoms with E-state index in [0.29, 0.717) is 0 Å². The van der Waals surface area contributed by atoms with Crippen LogP contribution in [0.1, 0.15) is 0 Å². The van der Waals surface area contributed by atoms with Crippen LogP contribution in [0.3, 0.4) is 0 Å². The lowest BCUT2D eigenvalue weighted by atomic mass is 10.4. The standard InChI is InChI=1S/C3HF3O2/c4-2(5)1(7)3(6)8/h2H. The van der Waals surface area contributed by atoms with Gasteiger partial charge in [0.1, 0.15) is 0 Å². The van der Waals surface area contributed by atoms with Crippen LogP contribution in [0, 0.1) is 0 Å². The Bertz CT molecular complexity index is 120. The van der Waals surface area contributed by atoms with Gasteiger partial charge in [0.25, 0.3) is 5.78 Å². The van der Waals surface area contributed by atoms with E-state index in [1.807, 2.05) is 0 Å². The van der Waals surface area contributed by atoms with Crippen molar-refractivity contribution in [2.45, 2.75) is 6.43 Å². The van der Waals surface area contributed by atoms with Crippen molar-refractivity contribution in [2.24, 2.45) is 0 Å². The molecule has 8 heavy (non-hydrogen) atoms. The van der Waals surface area contributed by atoms with Gasteiger partial charge in [0.05, 0.1) is 0 Å². The van der Waals surface area contributed by atoms with Gasteiger partial charge in [0.2, 0.25) is 0 Å².